The van der Waals surface area contributed by atoms with Crippen LogP contribution in [0.4, 0.5) is 14.6 Å². The lowest BCUT2D eigenvalue weighted by molar-refractivity contribution is 0.292. The molecule has 0 unspecified atom stereocenters. The molecule has 3 rings (SSSR count). The van der Waals surface area contributed by atoms with Crippen molar-refractivity contribution in [2.24, 2.45) is 0 Å². The molecule has 0 bridgehead atoms. The van der Waals surface area contributed by atoms with Crippen molar-refractivity contribution >= 4 is 39.3 Å². The molecule has 1 aromatic carbocycles. The Bertz CT molecular complexity index is 1010. The van der Waals surface area contributed by atoms with Gasteiger partial charge in [0.15, 0.2) is 28.3 Å². The van der Waals surface area contributed by atoms with Crippen LogP contribution in [0.2, 0.25) is 0 Å². The number of rotatable bonds is 9. The van der Waals surface area contributed by atoms with E-state index in [2.05, 4.69) is 25.6 Å². The third-order valence-corrected chi connectivity index (χ3v) is 5.55. The Hall–Kier alpha value is -2.08. The van der Waals surface area contributed by atoms with Crippen LogP contribution < -0.4 is 15.5 Å². The van der Waals surface area contributed by atoms with Crippen LogP contribution in [0, 0.1) is 11.6 Å². The van der Waals surface area contributed by atoms with Crippen molar-refractivity contribution in [3.05, 3.63) is 45.1 Å². The summed E-state index contributed by atoms with van der Waals surface area (Å²) in [7, 11) is 0. The number of nitrogens with one attached hydrogen (secondary N) is 3. The number of fused-ring (bicyclic) bond motifs is 1. The highest BCUT2D eigenvalue weighted by Gasteiger charge is 2.15. The molecule has 1 atom stereocenters. The van der Waals surface area contributed by atoms with Crippen LogP contribution in [0.15, 0.2) is 28.2 Å². The van der Waals surface area contributed by atoms with E-state index in [1.54, 1.807) is 0 Å². The monoisotopic (exact) mass is 427 g/mol. The van der Waals surface area contributed by atoms with Crippen molar-refractivity contribution in [1.29, 1.82) is 0 Å². The molecule has 0 radical (unpaired) electrons. The average molecular weight is 428 g/mol. The molecule has 2 aromatic heterocycles. The molecular weight excluding hydrogens is 408 g/mol. The topological polar surface area (TPSA) is 103 Å². The van der Waals surface area contributed by atoms with Crippen molar-refractivity contribution in [1.82, 2.24) is 20.3 Å². The number of benzene rings is 1. The number of aliphatic hydroxyl groups is 1. The molecule has 0 saturated heterocycles. The number of halogens is 2. The predicted molar refractivity (Wildman–Crippen MR) is 107 cm³/mol. The van der Waals surface area contributed by atoms with E-state index in [1.807, 2.05) is 6.92 Å². The van der Waals surface area contributed by atoms with Crippen LogP contribution in [0.5, 0.6) is 0 Å². The molecule has 11 heteroatoms. The van der Waals surface area contributed by atoms with Gasteiger partial charge in [-0.3, -0.25) is 9.78 Å². The number of anilines is 1. The number of aromatic nitrogens is 3. The lowest BCUT2D eigenvalue weighted by Gasteiger charge is -2.16. The molecule has 7 nitrogen and oxygen atoms in total. The van der Waals surface area contributed by atoms with E-state index in [4.69, 9.17) is 5.11 Å². The third kappa shape index (κ3) is 5.04. The normalized spacial score (nSPS) is 12.4. The van der Waals surface area contributed by atoms with Gasteiger partial charge < -0.3 is 15.7 Å². The van der Waals surface area contributed by atoms with Crippen LogP contribution in [0.1, 0.15) is 12.5 Å². The van der Waals surface area contributed by atoms with E-state index in [9.17, 15) is 13.6 Å². The fourth-order valence-electron chi connectivity index (χ4n) is 2.47. The second kappa shape index (κ2) is 9.41. The first-order valence-corrected chi connectivity index (χ1v) is 10.3. The minimum atomic E-state index is -0.900. The average Bonchev–Trinajstić information content (AvgIpc) is 3.04. The number of aromatic amines is 1. The van der Waals surface area contributed by atoms with E-state index in [0.717, 1.165) is 29.2 Å². The molecule has 3 aromatic rings. The Labute approximate surface area is 167 Å². The van der Waals surface area contributed by atoms with Gasteiger partial charge in [0.2, 0.25) is 0 Å². The first-order chi connectivity index (χ1) is 13.5. The van der Waals surface area contributed by atoms with Crippen LogP contribution in [-0.4, -0.2) is 45.8 Å². The molecule has 0 amide bonds. The Morgan fingerprint density at radius 3 is 2.96 bits per heavy atom. The quantitative estimate of drug-likeness (QED) is 0.236. The summed E-state index contributed by atoms with van der Waals surface area (Å²) in [6, 6.07) is 3.99. The van der Waals surface area contributed by atoms with E-state index < -0.39 is 11.6 Å². The summed E-state index contributed by atoms with van der Waals surface area (Å²) in [5, 5.41) is 15.5. The second-order valence-corrected chi connectivity index (χ2v) is 7.95. The van der Waals surface area contributed by atoms with Gasteiger partial charge in [-0.1, -0.05) is 35.2 Å². The Balaban J connectivity index is 1.81. The number of hydrogen-bond donors (Lipinski definition) is 4. The SMILES string of the molecule is C[C@H](CNCCO)Nc1nc(SCc2cccc(F)c2F)nc2[nH]c(=O)sc12. The summed E-state index contributed by atoms with van der Waals surface area (Å²) in [4.78, 5) is 22.9. The number of hydrogen-bond acceptors (Lipinski definition) is 8. The maximum Gasteiger partial charge on any atom is 0.306 e. The van der Waals surface area contributed by atoms with Crippen LogP contribution >= 0.6 is 23.1 Å². The summed E-state index contributed by atoms with van der Waals surface area (Å²) in [6.07, 6.45) is 0. The van der Waals surface area contributed by atoms with E-state index in [0.29, 0.717) is 34.4 Å². The molecule has 0 aliphatic heterocycles. The second-order valence-electron chi connectivity index (χ2n) is 6.02. The van der Waals surface area contributed by atoms with Crippen molar-refractivity contribution in [2.75, 3.05) is 25.0 Å². The van der Waals surface area contributed by atoms with Crippen molar-refractivity contribution in [3.8, 4) is 0 Å². The largest absolute Gasteiger partial charge is 0.395 e. The Morgan fingerprint density at radius 2 is 2.18 bits per heavy atom. The fraction of sp³-hybridized carbons (Fsp3) is 0.353. The summed E-state index contributed by atoms with van der Waals surface area (Å²) in [5.41, 5.74) is 0.605. The number of thioether (sulfide) groups is 1. The summed E-state index contributed by atoms with van der Waals surface area (Å²) in [5.74, 6) is -1.14. The van der Waals surface area contributed by atoms with Gasteiger partial charge >= 0.3 is 4.87 Å². The number of nitrogens with zero attached hydrogens (tertiary/aromatic N) is 2. The molecule has 150 valence electrons. The van der Waals surface area contributed by atoms with Gasteiger partial charge in [0.25, 0.3) is 0 Å². The lowest BCUT2D eigenvalue weighted by atomic mass is 10.2. The van der Waals surface area contributed by atoms with Gasteiger partial charge in [0.05, 0.1) is 6.61 Å². The van der Waals surface area contributed by atoms with E-state index in [-0.39, 0.29) is 28.8 Å². The zero-order chi connectivity index (χ0) is 20.1. The number of thiazole rings is 1. The van der Waals surface area contributed by atoms with Crippen LogP contribution in [-0.2, 0) is 5.75 Å². The smallest absolute Gasteiger partial charge is 0.306 e. The molecule has 0 aliphatic rings. The molecule has 2 heterocycles. The minimum absolute atomic E-state index is 0.0274. The minimum Gasteiger partial charge on any atom is -0.395 e. The van der Waals surface area contributed by atoms with Crippen molar-refractivity contribution < 1.29 is 13.9 Å². The molecule has 0 spiro atoms. The van der Waals surface area contributed by atoms with Crippen LogP contribution in [0.25, 0.3) is 10.3 Å². The molecule has 0 aliphatic carbocycles. The van der Waals surface area contributed by atoms with Crippen molar-refractivity contribution in [2.45, 2.75) is 23.9 Å². The maximum absolute atomic E-state index is 13.8. The summed E-state index contributed by atoms with van der Waals surface area (Å²) < 4.78 is 27.8. The van der Waals surface area contributed by atoms with Crippen LogP contribution in [0.3, 0.4) is 0 Å². The molecule has 4 N–H and O–H groups in total. The van der Waals surface area contributed by atoms with Gasteiger partial charge in [-0.25, -0.2) is 18.7 Å². The van der Waals surface area contributed by atoms with Gasteiger partial charge in [-0.15, -0.1) is 0 Å². The summed E-state index contributed by atoms with van der Waals surface area (Å²) >= 11 is 2.15. The highest BCUT2D eigenvalue weighted by molar-refractivity contribution is 7.98. The standard InChI is InChI=1S/C17H19F2N5O2S2/c1-9(7-20-5-6-25)21-14-13-15(24-17(26)28-13)23-16(22-14)27-8-10-3-2-4-11(18)12(10)19/h2-4,9,20,25H,5-8H2,1H3,(H2,21,22,23,24,26)/t9-/m1/s1. The van der Waals surface area contributed by atoms with Gasteiger partial charge in [-0.05, 0) is 13.0 Å². The highest BCUT2D eigenvalue weighted by Crippen LogP contribution is 2.28. The molecule has 28 heavy (non-hydrogen) atoms. The van der Waals surface area contributed by atoms with Crippen molar-refractivity contribution in [3.63, 3.8) is 0 Å². The van der Waals surface area contributed by atoms with E-state index in [1.165, 1.54) is 12.1 Å². The molecule has 0 saturated carbocycles. The number of H-pyrrole nitrogens is 1. The first-order valence-electron chi connectivity index (χ1n) is 8.52. The maximum atomic E-state index is 13.8. The zero-order valence-electron chi connectivity index (χ0n) is 15.0. The highest BCUT2D eigenvalue weighted by atomic mass is 32.2. The summed E-state index contributed by atoms with van der Waals surface area (Å²) in [6.45, 7) is 3.04. The fourth-order valence-corrected chi connectivity index (χ4v) is 4.02. The Morgan fingerprint density at radius 1 is 1.36 bits per heavy atom. The zero-order valence-corrected chi connectivity index (χ0v) is 16.6. The van der Waals surface area contributed by atoms with Gasteiger partial charge in [-0.2, -0.15) is 0 Å². The predicted octanol–water partition coefficient (Wildman–Crippen LogP) is 2.33. The lowest BCUT2D eigenvalue weighted by Crippen LogP contribution is -2.32. The first kappa shape index (κ1) is 20.6. The third-order valence-electron chi connectivity index (χ3n) is 3.77. The molecular formula is C17H19F2N5O2S2. The molecule has 0 fully saturated rings. The Kier molecular flexibility index (Phi) is 6.94. The van der Waals surface area contributed by atoms with E-state index >= 15 is 0 Å². The van der Waals surface area contributed by atoms with Gasteiger partial charge in [0, 0.05) is 30.4 Å². The number of aliphatic hydroxyl groups excluding tert-OH is 1. The van der Waals surface area contributed by atoms with Gasteiger partial charge in [0.1, 0.15) is 4.70 Å².